The average molecular weight is 527 g/mol. The van der Waals surface area contributed by atoms with Crippen molar-refractivity contribution in [2.45, 2.75) is 121 Å². The molecule has 5 nitrogen and oxygen atoms in total. The van der Waals surface area contributed by atoms with Gasteiger partial charge in [0.05, 0.1) is 0 Å². The van der Waals surface area contributed by atoms with Gasteiger partial charge in [0.15, 0.2) is 8.32 Å². The second-order valence-corrected chi connectivity index (χ2v) is 19.2. The lowest BCUT2D eigenvalue weighted by molar-refractivity contribution is -0.0786. The van der Waals surface area contributed by atoms with E-state index < -0.39 is 8.32 Å². The highest BCUT2D eigenvalue weighted by Crippen LogP contribution is 2.60. The minimum atomic E-state index is -1.68. The highest BCUT2D eigenvalue weighted by Gasteiger charge is 2.55. The summed E-state index contributed by atoms with van der Waals surface area (Å²) in [7, 11) is -1.68. The number of alkyl carbamates (subject to hydrolysis) is 1. The van der Waals surface area contributed by atoms with E-state index in [9.17, 15) is 4.79 Å². The summed E-state index contributed by atoms with van der Waals surface area (Å²) in [6.45, 7) is 12.9. The van der Waals surface area contributed by atoms with Crippen LogP contribution in [-0.2, 0) is 15.8 Å². The van der Waals surface area contributed by atoms with Crippen molar-refractivity contribution in [2.24, 2.45) is 23.2 Å². The third-order valence-corrected chi connectivity index (χ3v) is 15.1. The number of carbonyl (C=O) groups excluding carboxylic acids is 1. The fourth-order valence-electron chi connectivity index (χ4n) is 7.93. The van der Waals surface area contributed by atoms with Crippen LogP contribution in [0.3, 0.4) is 0 Å². The Morgan fingerprint density at radius 3 is 2.27 bits per heavy atom. The van der Waals surface area contributed by atoms with Crippen molar-refractivity contribution in [2.75, 3.05) is 6.54 Å². The van der Waals surface area contributed by atoms with Crippen molar-refractivity contribution in [3.8, 4) is 0 Å². The number of hydrogen-bond acceptors (Lipinski definition) is 4. The monoisotopic (exact) mass is 526 g/mol. The maximum absolute atomic E-state index is 12.5. The van der Waals surface area contributed by atoms with Crippen LogP contribution in [0.1, 0.15) is 84.1 Å². The third kappa shape index (κ3) is 6.28. The normalized spacial score (nSPS) is 35.4. The zero-order chi connectivity index (χ0) is 26.3. The van der Waals surface area contributed by atoms with Crippen LogP contribution < -0.4 is 10.6 Å². The number of benzene rings is 1. The molecule has 6 heteroatoms. The lowest BCUT2D eigenvalue weighted by atomic mass is 9.48. The zero-order valence-electron chi connectivity index (χ0n) is 23.9. The number of ether oxygens (including phenoxy) is 1. The number of amides is 1. The zero-order valence-corrected chi connectivity index (χ0v) is 24.9. The van der Waals surface area contributed by atoms with E-state index in [-0.39, 0.29) is 16.5 Å². The lowest BCUT2D eigenvalue weighted by Crippen LogP contribution is -2.62. The van der Waals surface area contributed by atoms with Gasteiger partial charge in [0, 0.05) is 24.7 Å². The molecule has 2 N–H and O–H groups in total. The fraction of sp³-hybridized carbons (Fsp3) is 0.774. The first kappa shape index (κ1) is 27.2. The molecule has 5 fully saturated rings. The molecular weight excluding hydrogens is 476 g/mol. The minimum absolute atomic E-state index is 0.272. The van der Waals surface area contributed by atoms with Gasteiger partial charge in [-0.3, -0.25) is 0 Å². The molecule has 5 aliphatic rings. The smallest absolute Gasteiger partial charge is 0.407 e. The number of hydrogen-bond donors (Lipinski definition) is 2. The molecule has 0 aromatic heterocycles. The summed E-state index contributed by atoms with van der Waals surface area (Å²) in [4.78, 5) is 12.5. The summed E-state index contributed by atoms with van der Waals surface area (Å²) < 4.78 is 12.2. The second-order valence-electron chi connectivity index (χ2n) is 14.4. The van der Waals surface area contributed by atoms with Gasteiger partial charge in [0.1, 0.15) is 6.61 Å². The van der Waals surface area contributed by atoms with Gasteiger partial charge in [-0.05, 0) is 105 Å². The van der Waals surface area contributed by atoms with Gasteiger partial charge in [0.2, 0.25) is 0 Å². The summed E-state index contributed by atoms with van der Waals surface area (Å²) in [5.41, 5.74) is 1.30. The van der Waals surface area contributed by atoms with Crippen LogP contribution in [0, 0.1) is 23.2 Å². The summed E-state index contributed by atoms with van der Waals surface area (Å²) in [5, 5.41) is 7.61. The van der Waals surface area contributed by atoms with Gasteiger partial charge in [-0.2, -0.15) is 0 Å². The number of nitrogens with one attached hydrogen (secondary N) is 2. The molecule has 1 aromatic rings. The first-order valence-electron chi connectivity index (χ1n) is 14.9. The first-order chi connectivity index (χ1) is 17.5. The van der Waals surface area contributed by atoms with Crippen molar-refractivity contribution >= 4 is 14.4 Å². The molecule has 5 saturated carbocycles. The van der Waals surface area contributed by atoms with Crippen molar-refractivity contribution in [3.05, 3.63) is 35.9 Å². The van der Waals surface area contributed by atoms with Crippen molar-refractivity contribution in [1.82, 2.24) is 10.6 Å². The van der Waals surface area contributed by atoms with Crippen LogP contribution in [0.4, 0.5) is 4.79 Å². The quantitative estimate of drug-likeness (QED) is 0.357. The molecule has 1 amide bonds. The summed E-state index contributed by atoms with van der Waals surface area (Å²) in [6, 6.07) is 11.2. The van der Waals surface area contributed by atoms with E-state index in [0.717, 1.165) is 29.9 Å². The van der Waals surface area contributed by atoms with Crippen LogP contribution in [0.25, 0.3) is 0 Å². The van der Waals surface area contributed by atoms with E-state index in [0.29, 0.717) is 24.8 Å². The van der Waals surface area contributed by atoms with Gasteiger partial charge in [0.25, 0.3) is 0 Å². The van der Waals surface area contributed by atoms with Crippen molar-refractivity contribution in [1.29, 1.82) is 0 Å². The van der Waals surface area contributed by atoms with Crippen LogP contribution in [0.2, 0.25) is 18.1 Å². The first-order valence-corrected chi connectivity index (χ1v) is 17.8. The summed E-state index contributed by atoms with van der Waals surface area (Å²) in [6.07, 6.45) is 11.6. The molecule has 1 unspecified atom stereocenters. The Morgan fingerprint density at radius 2 is 1.65 bits per heavy atom. The molecule has 5 aliphatic carbocycles. The highest BCUT2D eigenvalue weighted by atomic mass is 28.4. The van der Waals surface area contributed by atoms with Crippen LogP contribution in [0.5, 0.6) is 0 Å². The molecule has 1 aromatic carbocycles. The standard InChI is InChI=1S/C31H50N2O3Si/c1-30(2,3)37(4,5)36-27-13-11-26(12-14-27)33-28-24-15-23-16-25(28)19-31(17-23,18-24)21-32-29(34)35-20-22-9-7-6-8-10-22/h6-10,23-28,33H,11-21H2,1-5H3,(H,32,34)/t23?,24-,25+,26-,27-,28-,31+. The Bertz CT molecular complexity index is 906. The third-order valence-electron chi connectivity index (χ3n) is 10.6. The predicted molar refractivity (Wildman–Crippen MR) is 152 cm³/mol. The average Bonchev–Trinajstić information content (AvgIpc) is 2.84. The largest absolute Gasteiger partial charge is 0.445 e. The van der Waals surface area contributed by atoms with Gasteiger partial charge < -0.3 is 19.8 Å². The Hall–Kier alpha value is -1.37. The minimum Gasteiger partial charge on any atom is -0.445 e. The summed E-state index contributed by atoms with van der Waals surface area (Å²) in [5.74, 6) is 2.36. The molecule has 206 valence electrons. The molecule has 37 heavy (non-hydrogen) atoms. The Kier molecular flexibility index (Phi) is 7.83. The molecule has 0 saturated heterocycles. The van der Waals surface area contributed by atoms with E-state index in [1.807, 2.05) is 30.3 Å². The van der Waals surface area contributed by atoms with Gasteiger partial charge in [-0.15, -0.1) is 0 Å². The van der Waals surface area contributed by atoms with E-state index in [2.05, 4.69) is 44.5 Å². The summed E-state index contributed by atoms with van der Waals surface area (Å²) >= 11 is 0. The van der Waals surface area contributed by atoms with Gasteiger partial charge >= 0.3 is 6.09 Å². The van der Waals surface area contributed by atoms with Crippen LogP contribution in [-0.4, -0.2) is 39.1 Å². The molecule has 0 aliphatic heterocycles. The Morgan fingerprint density at radius 1 is 1.00 bits per heavy atom. The van der Waals surface area contributed by atoms with Gasteiger partial charge in [-0.25, -0.2) is 4.79 Å². The van der Waals surface area contributed by atoms with Crippen molar-refractivity contribution < 1.29 is 14.0 Å². The molecule has 0 spiro atoms. The maximum Gasteiger partial charge on any atom is 0.407 e. The van der Waals surface area contributed by atoms with E-state index in [4.69, 9.17) is 9.16 Å². The second kappa shape index (κ2) is 10.7. The fourth-order valence-corrected chi connectivity index (χ4v) is 9.35. The molecule has 5 atom stereocenters. The SMILES string of the molecule is CC(C)(C)[Si](C)(C)O[C@H]1CC[C@H](N[C@@H]2[C@@H]3CC4C[C@H]2C[C@](CNC(=O)OCc2ccccc2)(C4)C3)CC1. The van der Waals surface area contributed by atoms with Crippen LogP contribution in [0.15, 0.2) is 30.3 Å². The topological polar surface area (TPSA) is 59.6 Å². The van der Waals surface area contributed by atoms with E-state index in [1.54, 1.807) is 0 Å². The maximum atomic E-state index is 12.5. The van der Waals surface area contributed by atoms with Crippen molar-refractivity contribution in [3.63, 3.8) is 0 Å². The number of rotatable bonds is 8. The van der Waals surface area contributed by atoms with E-state index in [1.165, 1.54) is 57.8 Å². The van der Waals surface area contributed by atoms with Gasteiger partial charge in [-0.1, -0.05) is 51.1 Å². The molecule has 6 rings (SSSR count). The Labute approximate surface area is 226 Å². The molecular formula is C31H50N2O3Si. The Balaban J connectivity index is 1.09. The predicted octanol–water partition coefficient (Wildman–Crippen LogP) is 7.03. The van der Waals surface area contributed by atoms with Crippen LogP contribution >= 0.6 is 0 Å². The lowest BCUT2D eigenvalue weighted by Gasteiger charge is -2.61. The highest BCUT2D eigenvalue weighted by molar-refractivity contribution is 6.74. The molecule has 4 bridgehead atoms. The molecule has 0 heterocycles. The number of carbonyl (C=O) groups is 1. The van der Waals surface area contributed by atoms with E-state index >= 15 is 0 Å². The molecule has 0 radical (unpaired) electrons.